The maximum absolute atomic E-state index is 12.5. The van der Waals surface area contributed by atoms with Crippen molar-refractivity contribution in [2.24, 2.45) is 0 Å². The largest absolute Gasteiger partial charge is 0.496 e. The van der Waals surface area contributed by atoms with E-state index in [1.165, 1.54) is 6.20 Å². The molecule has 26 heavy (non-hydrogen) atoms. The van der Waals surface area contributed by atoms with E-state index in [1.807, 2.05) is 26.0 Å². The molecule has 0 radical (unpaired) electrons. The van der Waals surface area contributed by atoms with Crippen LogP contribution in [-0.2, 0) is 4.79 Å². The third-order valence-corrected chi connectivity index (χ3v) is 4.55. The molecule has 2 aromatic rings. The Labute approximate surface area is 151 Å². The Bertz CT molecular complexity index is 850. The number of nitrogens with zero attached hydrogens (tertiary/aromatic N) is 2. The highest BCUT2D eigenvalue weighted by molar-refractivity contribution is 6.23. The Hall–Kier alpha value is -3.09. The van der Waals surface area contributed by atoms with Crippen molar-refractivity contribution >= 4 is 17.6 Å². The van der Waals surface area contributed by atoms with Gasteiger partial charge < -0.3 is 14.8 Å². The van der Waals surface area contributed by atoms with Crippen LogP contribution < -0.4 is 19.7 Å². The molecule has 1 N–H and O–H groups in total. The zero-order chi connectivity index (χ0) is 18.9. The predicted octanol–water partition coefficient (Wildman–Crippen LogP) is 3.42. The average molecular weight is 355 g/mol. The number of imide groups is 1. The Kier molecular flexibility index (Phi) is 4.54. The number of rotatable bonds is 5. The summed E-state index contributed by atoms with van der Waals surface area (Å²) in [6.07, 6.45) is 1.96. The van der Waals surface area contributed by atoms with E-state index in [2.05, 4.69) is 10.3 Å². The molecule has 136 valence electrons. The van der Waals surface area contributed by atoms with E-state index in [4.69, 9.17) is 9.47 Å². The molecule has 0 aliphatic carbocycles. The fourth-order valence-electron chi connectivity index (χ4n) is 2.71. The number of ether oxygens (including phenoxy) is 2. The molecule has 1 unspecified atom stereocenters. The predicted molar refractivity (Wildman–Crippen MR) is 96.8 cm³/mol. The van der Waals surface area contributed by atoms with Crippen LogP contribution >= 0.6 is 0 Å². The molecule has 0 saturated carbocycles. The molecular formula is C19H21N3O4. The highest BCUT2D eigenvalue weighted by Gasteiger charge is 2.47. The first-order chi connectivity index (χ1) is 12.4. The summed E-state index contributed by atoms with van der Waals surface area (Å²) in [6.45, 7) is 5.51. The van der Waals surface area contributed by atoms with Crippen LogP contribution in [-0.4, -0.2) is 29.6 Å². The first-order valence-electron chi connectivity index (χ1n) is 8.33. The summed E-state index contributed by atoms with van der Waals surface area (Å²) in [5.74, 6) is 1.37. The molecule has 1 saturated heterocycles. The molecule has 7 heteroatoms. The lowest BCUT2D eigenvalue weighted by Crippen LogP contribution is -2.43. The van der Waals surface area contributed by atoms with Gasteiger partial charge in [-0.1, -0.05) is 13.0 Å². The second kappa shape index (κ2) is 6.67. The molecule has 0 bridgehead atoms. The molecule has 1 aliphatic rings. The fraction of sp³-hybridized carbons (Fsp3) is 0.316. The second-order valence-corrected chi connectivity index (χ2v) is 6.34. The van der Waals surface area contributed by atoms with Gasteiger partial charge in [-0.25, -0.2) is 14.7 Å². The monoisotopic (exact) mass is 355 g/mol. The van der Waals surface area contributed by atoms with Crippen molar-refractivity contribution in [2.45, 2.75) is 32.7 Å². The molecule has 0 spiro atoms. The SMILES string of the molecule is CCC1(C)NC(=O)N(c2ccc(Oc3ccc(C)c(OC)c3)nc2)C1=O. The number of hydrogen-bond donors (Lipinski definition) is 1. The van der Waals surface area contributed by atoms with Gasteiger partial charge in [-0.2, -0.15) is 0 Å². The lowest BCUT2D eigenvalue weighted by molar-refractivity contribution is -0.121. The van der Waals surface area contributed by atoms with E-state index >= 15 is 0 Å². The van der Waals surface area contributed by atoms with Crippen molar-refractivity contribution in [2.75, 3.05) is 12.0 Å². The Morgan fingerprint density at radius 3 is 2.58 bits per heavy atom. The van der Waals surface area contributed by atoms with Gasteiger partial charge >= 0.3 is 6.03 Å². The summed E-state index contributed by atoms with van der Waals surface area (Å²) in [5, 5.41) is 2.72. The minimum atomic E-state index is -0.884. The third kappa shape index (κ3) is 3.08. The van der Waals surface area contributed by atoms with Crippen LogP contribution in [0.4, 0.5) is 10.5 Å². The fourth-order valence-corrected chi connectivity index (χ4v) is 2.71. The quantitative estimate of drug-likeness (QED) is 0.831. The van der Waals surface area contributed by atoms with Crippen molar-refractivity contribution in [3.63, 3.8) is 0 Å². The molecule has 1 aromatic heterocycles. The molecule has 2 heterocycles. The van der Waals surface area contributed by atoms with Crippen LogP contribution in [0.15, 0.2) is 36.5 Å². The summed E-state index contributed by atoms with van der Waals surface area (Å²) in [7, 11) is 1.60. The number of hydrogen-bond acceptors (Lipinski definition) is 5. The summed E-state index contributed by atoms with van der Waals surface area (Å²) in [5.41, 5.74) is 0.518. The standard InChI is InChI=1S/C19H21N3O4/c1-5-19(3)17(23)22(18(24)21-19)13-7-9-16(20-11-13)26-14-8-6-12(2)15(10-14)25-4/h6-11H,5H2,1-4H3,(H,21,24). The highest BCUT2D eigenvalue weighted by Crippen LogP contribution is 2.30. The van der Waals surface area contributed by atoms with Gasteiger partial charge in [0.1, 0.15) is 17.0 Å². The van der Waals surface area contributed by atoms with Crippen LogP contribution in [0.25, 0.3) is 0 Å². The highest BCUT2D eigenvalue weighted by atomic mass is 16.5. The van der Waals surface area contributed by atoms with Crippen LogP contribution in [0.5, 0.6) is 17.4 Å². The zero-order valence-electron chi connectivity index (χ0n) is 15.2. The number of amides is 3. The molecule has 1 aromatic carbocycles. The molecule has 3 rings (SSSR count). The van der Waals surface area contributed by atoms with Crippen LogP contribution in [0.3, 0.4) is 0 Å². The minimum Gasteiger partial charge on any atom is -0.496 e. The third-order valence-electron chi connectivity index (χ3n) is 4.55. The topological polar surface area (TPSA) is 80.8 Å². The van der Waals surface area contributed by atoms with Gasteiger partial charge in [0.25, 0.3) is 5.91 Å². The van der Waals surface area contributed by atoms with Gasteiger partial charge in [0, 0.05) is 12.1 Å². The maximum Gasteiger partial charge on any atom is 0.329 e. The number of urea groups is 1. The second-order valence-electron chi connectivity index (χ2n) is 6.34. The van der Waals surface area contributed by atoms with Gasteiger partial charge in [0.15, 0.2) is 0 Å². The molecule has 1 atom stereocenters. The van der Waals surface area contributed by atoms with E-state index in [1.54, 1.807) is 32.2 Å². The van der Waals surface area contributed by atoms with Gasteiger partial charge in [0.05, 0.1) is 19.0 Å². The van der Waals surface area contributed by atoms with E-state index in [-0.39, 0.29) is 5.91 Å². The average Bonchev–Trinajstić information content (AvgIpc) is 2.87. The number of carbonyl (C=O) groups excluding carboxylic acids is 2. The number of nitrogens with one attached hydrogen (secondary N) is 1. The maximum atomic E-state index is 12.5. The summed E-state index contributed by atoms with van der Waals surface area (Å²) in [4.78, 5) is 30.0. The zero-order valence-corrected chi connectivity index (χ0v) is 15.2. The van der Waals surface area contributed by atoms with Crippen molar-refractivity contribution < 1.29 is 19.1 Å². The number of methoxy groups -OCH3 is 1. The summed E-state index contributed by atoms with van der Waals surface area (Å²) in [6, 6.07) is 8.28. The summed E-state index contributed by atoms with van der Waals surface area (Å²) >= 11 is 0. The van der Waals surface area contributed by atoms with E-state index in [0.29, 0.717) is 23.7 Å². The molecular weight excluding hydrogens is 334 g/mol. The van der Waals surface area contributed by atoms with E-state index < -0.39 is 11.6 Å². The van der Waals surface area contributed by atoms with E-state index in [0.717, 1.165) is 16.2 Å². The lowest BCUT2D eigenvalue weighted by atomic mass is 9.99. The lowest BCUT2D eigenvalue weighted by Gasteiger charge is -2.19. The van der Waals surface area contributed by atoms with Crippen molar-refractivity contribution in [3.8, 4) is 17.4 Å². The van der Waals surface area contributed by atoms with Crippen LogP contribution in [0.1, 0.15) is 25.8 Å². The van der Waals surface area contributed by atoms with Crippen molar-refractivity contribution in [3.05, 3.63) is 42.1 Å². The van der Waals surface area contributed by atoms with E-state index in [9.17, 15) is 9.59 Å². The normalized spacial score (nSPS) is 19.5. The van der Waals surface area contributed by atoms with Gasteiger partial charge in [-0.05, 0) is 38.0 Å². The number of pyridine rings is 1. The first-order valence-corrected chi connectivity index (χ1v) is 8.33. The number of benzene rings is 1. The molecule has 7 nitrogen and oxygen atoms in total. The Morgan fingerprint density at radius 1 is 1.23 bits per heavy atom. The van der Waals surface area contributed by atoms with Gasteiger partial charge in [-0.15, -0.1) is 0 Å². The Morgan fingerprint density at radius 2 is 2.00 bits per heavy atom. The minimum absolute atomic E-state index is 0.288. The number of aromatic nitrogens is 1. The van der Waals surface area contributed by atoms with Crippen LogP contribution in [0.2, 0.25) is 0 Å². The van der Waals surface area contributed by atoms with Gasteiger partial charge in [0.2, 0.25) is 5.88 Å². The number of anilines is 1. The molecule has 3 amide bonds. The smallest absolute Gasteiger partial charge is 0.329 e. The number of carbonyl (C=O) groups is 2. The molecule has 1 fully saturated rings. The van der Waals surface area contributed by atoms with Crippen molar-refractivity contribution in [1.29, 1.82) is 0 Å². The van der Waals surface area contributed by atoms with Gasteiger partial charge in [-0.3, -0.25) is 4.79 Å². The Balaban J connectivity index is 1.79. The molecule has 1 aliphatic heterocycles. The van der Waals surface area contributed by atoms with Crippen molar-refractivity contribution in [1.82, 2.24) is 10.3 Å². The van der Waals surface area contributed by atoms with Crippen LogP contribution in [0, 0.1) is 6.92 Å². The first kappa shape index (κ1) is 17.7. The summed E-state index contributed by atoms with van der Waals surface area (Å²) < 4.78 is 11.0. The number of aryl methyl sites for hydroxylation is 1.